The molecule has 1 aromatic rings. The normalized spacial score (nSPS) is 20.3. The zero-order valence-corrected chi connectivity index (χ0v) is 7.51. The number of hydrogen-bond acceptors (Lipinski definition) is 2. The SMILES string of the molecule is COc1ccc2c(c1)C(F)CCN2. The van der Waals surface area contributed by atoms with Crippen LogP contribution in [-0.2, 0) is 0 Å². The minimum atomic E-state index is -0.855. The van der Waals surface area contributed by atoms with Crippen LogP contribution in [0.4, 0.5) is 10.1 Å². The molecule has 2 rings (SSSR count). The first-order chi connectivity index (χ1) is 6.31. The second-order valence-corrected chi connectivity index (χ2v) is 3.14. The van der Waals surface area contributed by atoms with Crippen LogP contribution in [-0.4, -0.2) is 13.7 Å². The van der Waals surface area contributed by atoms with Gasteiger partial charge in [0, 0.05) is 24.2 Å². The maximum atomic E-state index is 13.4. The predicted molar refractivity (Wildman–Crippen MR) is 49.9 cm³/mol. The topological polar surface area (TPSA) is 21.3 Å². The van der Waals surface area contributed by atoms with Crippen LogP contribution < -0.4 is 10.1 Å². The molecule has 1 unspecified atom stereocenters. The first-order valence-corrected chi connectivity index (χ1v) is 4.37. The van der Waals surface area contributed by atoms with Gasteiger partial charge in [0.05, 0.1) is 7.11 Å². The minimum Gasteiger partial charge on any atom is -0.497 e. The number of hydrogen-bond donors (Lipinski definition) is 1. The molecule has 2 nitrogen and oxygen atoms in total. The molecular weight excluding hydrogens is 169 g/mol. The van der Waals surface area contributed by atoms with Crippen molar-refractivity contribution < 1.29 is 9.13 Å². The highest BCUT2D eigenvalue weighted by atomic mass is 19.1. The molecular formula is C10H12FNO. The lowest BCUT2D eigenvalue weighted by Crippen LogP contribution is -2.13. The summed E-state index contributed by atoms with van der Waals surface area (Å²) in [5, 5.41) is 3.15. The fraction of sp³-hybridized carbons (Fsp3) is 0.400. The molecule has 0 spiro atoms. The van der Waals surface area contributed by atoms with E-state index in [0.717, 1.165) is 5.69 Å². The minimum absolute atomic E-state index is 0.542. The van der Waals surface area contributed by atoms with E-state index in [1.54, 1.807) is 13.2 Å². The number of anilines is 1. The van der Waals surface area contributed by atoms with Crippen molar-refractivity contribution in [2.75, 3.05) is 19.0 Å². The van der Waals surface area contributed by atoms with Gasteiger partial charge in [-0.05, 0) is 18.2 Å². The van der Waals surface area contributed by atoms with Gasteiger partial charge in [0.25, 0.3) is 0 Å². The van der Waals surface area contributed by atoms with Crippen molar-refractivity contribution in [3.8, 4) is 5.75 Å². The molecule has 13 heavy (non-hydrogen) atoms. The quantitative estimate of drug-likeness (QED) is 0.718. The predicted octanol–water partition coefficient (Wildman–Crippen LogP) is 2.52. The zero-order chi connectivity index (χ0) is 9.26. The molecule has 0 amide bonds. The number of rotatable bonds is 1. The van der Waals surface area contributed by atoms with Gasteiger partial charge >= 0.3 is 0 Å². The Morgan fingerprint density at radius 1 is 1.54 bits per heavy atom. The van der Waals surface area contributed by atoms with E-state index in [2.05, 4.69) is 5.32 Å². The van der Waals surface area contributed by atoms with Gasteiger partial charge in [0.2, 0.25) is 0 Å². The third-order valence-corrected chi connectivity index (χ3v) is 2.31. The van der Waals surface area contributed by atoms with Gasteiger partial charge in [-0.25, -0.2) is 4.39 Å². The van der Waals surface area contributed by atoms with Crippen molar-refractivity contribution in [2.45, 2.75) is 12.6 Å². The molecule has 0 fully saturated rings. The summed E-state index contributed by atoms with van der Waals surface area (Å²) in [5.74, 6) is 0.713. The summed E-state index contributed by atoms with van der Waals surface area (Å²) >= 11 is 0. The van der Waals surface area contributed by atoms with Gasteiger partial charge < -0.3 is 10.1 Å². The summed E-state index contributed by atoms with van der Waals surface area (Å²) in [7, 11) is 1.59. The Bertz CT molecular complexity index is 314. The molecule has 70 valence electrons. The number of halogens is 1. The van der Waals surface area contributed by atoms with Gasteiger partial charge in [-0.15, -0.1) is 0 Å². The van der Waals surface area contributed by atoms with Crippen molar-refractivity contribution in [2.24, 2.45) is 0 Å². The van der Waals surface area contributed by atoms with E-state index in [9.17, 15) is 4.39 Å². The Labute approximate surface area is 76.7 Å². The Kier molecular flexibility index (Phi) is 2.08. The molecule has 1 atom stereocenters. The monoisotopic (exact) mass is 181 g/mol. The standard InChI is InChI=1S/C10H12FNO/c1-13-7-2-3-10-8(6-7)9(11)4-5-12-10/h2-3,6,9,12H,4-5H2,1H3. The second-order valence-electron chi connectivity index (χ2n) is 3.14. The largest absolute Gasteiger partial charge is 0.497 e. The van der Waals surface area contributed by atoms with Crippen LogP contribution in [0, 0.1) is 0 Å². The molecule has 1 aromatic carbocycles. The summed E-state index contributed by atoms with van der Waals surface area (Å²) in [6.45, 7) is 0.709. The van der Waals surface area contributed by atoms with E-state index in [1.165, 1.54) is 0 Å². The van der Waals surface area contributed by atoms with Crippen LogP contribution in [0.3, 0.4) is 0 Å². The smallest absolute Gasteiger partial charge is 0.129 e. The maximum absolute atomic E-state index is 13.4. The fourth-order valence-corrected chi connectivity index (χ4v) is 1.58. The van der Waals surface area contributed by atoms with Crippen LogP contribution in [0.5, 0.6) is 5.75 Å². The number of fused-ring (bicyclic) bond motifs is 1. The van der Waals surface area contributed by atoms with Crippen molar-refractivity contribution in [1.29, 1.82) is 0 Å². The average molecular weight is 181 g/mol. The summed E-state index contributed by atoms with van der Waals surface area (Å²) in [6.07, 6.45) is -0.313. The van der Waals surface area contributed by atoms with Gasteiger partial charge in [-0.3, -0.25) is 0 Å². The van der Waals surface area contributed by atoms with E-state index in [0.29, 0.717) is 24.3 Å². The van der Waals surface area contributed by atoms with Gasteiger partial charge in [0.1, 0.15) is 11.9 Å². The van der Waals surface area contributed by atoms with Gasteiger partial charge in [-0.2, -0.15) is 0 Å². The van der Waals surface area contributed by atoms with Crippen LogP contribution in [0.25, 0.3) is 0 Å². The van der Waals surface area contributed by atoms with Crippen LogP contribution in [0.15, 0.2) is 18.2 Å². The zero-order valence-electron chi connectivity index (χ0n) is 7.51. The number of nitrogens with one attached hydrogen (secondary N) is 1. The summed E-state index contributed by atoms with van der Waals surface area (Å²) in [5.41, 5.74) is 1.60. The number of benzene rings is 1. The Morgan fingerprint density at radius 2 is 2.38 bits per heavy atom. The lowest BCUT2D eigenvalue weighted by molar-refractivity contribution is 0.322. The van der Waals surface area contributed by atoms with E-state index in [1.807, 2.05) is 12.1 Å². The summed E-state index contributed by atoms with van der Waals surface area (Å²) in [6, 6.07) is 5.45. The van der Waals surface area contributed by atoms with E-state index in [4.69, 9.17) is 4.74 Å². The van der Waals surface area contributed by atoms with Crippen LogP contribution in [0.1, 0.15) is 18.2 Å². The van der Waals surface area contributed by atoms with Gasteiger partial charge in [0.15, 0.2) is 0 Å². The molecule has 1 aliphatic heterocycles. The Hall–Kier alpha value is -1.25. The second kappa shape index (κ2) is 3.24. The molecule has 1 aliphatic rings. The van der Waals surface area contributed by atoms with E-state index in [-0.39, 0.29) is 0 Å². The lowest BCUT2D eigenvalue weighted by atomic mass is 10.0. The Morgan fingerprint density at radius 3 is 3.15 bits per heavy atom. The molecule has 1 heterocycles. The third kappa shape index (κ3) is 1.46. The maximum Gasteiger partial charge on any atom is 0.129 e. The molecule has 0 bridgehead atoms. The first-order valence-electron chi connectivity index (χ1n) is 4.37. The molecule has 0 aliphatic carbocycles. The van der Waals surface area contributed by atoms with Gasteiger partial charge in [-0.1, -0.05) is 0 Å². The number of ether oxygens (including phenoxy) is 1. The number of methoxy groups -OCH3 is 1. The first kappa shape index (κ1) is 8.35. The van der Waals surface area contributed by atoms with Crippen molar-refractivity contribution in [3.05, 3.63) is 23.8 Å². The molecule has 0 aromatic heterocycles. The van der Waals surface area contributed by atoms with E-state index < -0.39 is 6.17 Å². The highest BCUT2D eigenvalue weighted by Crippen LogP contribution is 2.34. The van der Waals surface area contributed by atoms with E-state index >= 15 is 0 Å². The Balaban J connectivity index is 2.41. The fourth-order valence-electron chi connectivity index (χ4n) is 1.58. The average Bonchev–Trinajstić information content (AvgIpc) is 2.18. The number of alkyl halides is 1. The molecule has 3 heteroatoms. The summed E-state index contributed by atoms with van der Waals surface area (Å²) < 4.78 is 18.4. The van der Waals surface area contributed by atoms with Crippen molar-refractivity contribution >= 4 is 5.69 Å². The molecule has 0 saturated heterocycles. The van der Waals surface area contributed by atoms with Crippen molar-refractivity contribution in [3.63, 3.8) is 0 Å². The third-order valence-electron chi connectivity index (χ3n) is 2.31. The van der Waals surface area contributed by atoms with Crippen molar-refractivity contribution in [1.82, 2.24) is 0 Å². The highest BCUT2D eigenvalue weighted by molar-refractivity contribution is 5.56. The lowest BCUT2D eigenvalue weighted by Gasteiger charge is -2.21. The highest BCUT2D eigenvalue weighted by Gasteiger charge is 2.19. The molecule has 0 saturated carbocycles. The van der Waals surface area contributed by atoms with Crippen LogP contribution in [0.2, 0.25) is 0 Å². The molecule has 1 N–H and O–H groups in total. The van der Waals surface area contributed by atoms with Crippen LogP contribution >= 0.6 is 0 Å². The summed E-state index contributed by atoms with van der Waals surface area (Å²) in [4.78, 5) is 0. The molecule has 0 radical (unpaired) electrons.